The van der Waals surface area contributed by atoms with Crippen molar-refractivity contribution in [3.8, 4) is 0 Å². The zero-order valence-corrected chi connectivity index (χ0v) is 12.1. The van der Waals surface area contributed by atoms with Gasteiger partial charge in [-0.05, 0) is 39.0 Å². The molecule has 0 bridgehead atoms. The van der Waals surface area contributed by atoms with Crippen molar-refractivity contribution in [2.75, 3.05) is 26.7 Å². The van der Waals surface area contributed by atoms with Gasteiger partial charge in [0.1, 0.15) is 5.60 Å². The highest BCUT2D eigenvalue weighted by Gasteiger charge is 2.31. The van der Waals surface area contributed by atoms with Gasteiger partial charge in [0.25, 0.3) is 0 Å². The molecule has 2 unspecified atom stereocenters. The summed E-state index contributed by atoms with van der Waals surface area (Å²) < 4.78 is 5.37. The summed E-state index contributed by atoms with van der Waals surface area (Å²) in [6.07, 6.45) is 0.677. The first kappa shape index (κ1) is 15.2. The lowest BCUT2D eigenvalue weighted by molar-refractivity contribution is -0.0874. The van der Waals surface area contributed by atoms with Crippen LogP contribution in [0.25, 0.3) is 0 Å². The van der Waals surface area contributed by atoms with Crippen molar-refractivity contribution in [2.45, 2.75) is 39.7 Å². The average Bonchev–Trinajstić information content (AvgIpc) is 2.17. The van der Waals surface area contributed by atoms with Gasteiger partial charge in [-0.1, -0.05) is 6.92 Å². The molecule has 1 N–H and O–H groups in total. The maximum Gasteiger partial charge on any atom is 0.410 e. The van der Waals surface area contributed by atoms with Gasteiger partial charge in [0, 0.05) is 26.7 Å². The van der Waals surface area contributed by atoms with Crippen LogP contribution in [0.15, 0.2) is 0 Å². The molecule has 0 aliphatic carbocycles. The van der Waals surface area contributed by atoms with Crippen molar-refractivity contribution in [3.63, 3.8) is 0 Å². The first-order chi connectivity index (χ1) is 8.19. The molecule has 0 saturated carbocycles. The van der Waals surface area contributed by atoms with E-state index < -0.39 is 5.60 Å². The van der Waals surface area contributed by atoms with E-state index in [0.717, 1.165) is 6.42 Å². The molecule has 0 spiro atoms. The van der Waals surface area contributed by atoms with Gasteiger partial charge < -0.3 is 14.8 Å². The molecule has 1 saturated heterocycles. The Balaban J connectivity index is 2.48. The van der Waals surface area contributed by atoms with Gasteiger partial charge in [0.05, 0.1) is 0 Å². The van der Waals surface area contributed by atoms with E-state index in [4.69, 9.17) is 4.74 Å². The van der Waals surface area contributed by atoms with E-state index in [1.807, 2.05) is 20.8 Å². The summed E-state index contributed by atoms with van der Waals surface area (Å²) in [5.74, 6) is 0.805. The molecule has 0 aromatic heterocycles. The fourth-order valence-electron chi connectivity index (χ4n) is 2.30. The third-order valence-electron chi connectivity index (χ3n) is 3.23. The van der Waals surface area contributed by atoms with E-state index >= 15 is 0 Å². The van der Waals surface area contributed by atoms with Crippen molar-refractivity contribution in [1.29, 1.82) is 0 Å². The van der Waals surface area contributed by atoms with E-state index in [-0.39, 0.29) is 6.09 Å². The van der Waals surface area contributed by atoms with E-state index in [0.29, 0.717) is 31.5 Å². The van der Waals surface area contributed by atoms with Crippen molar-refractivity contribution in [2.24, 2.45) is 11.8 Å². The van der Waals surface area contributed by atoms with Crippen LogP contribution in [0.4, 0.5) is 4.79 Å². The van der Waals surface area contributed by atoms with Crippen LogP contribution in [0.1, 0.15) is 34.1 Å². The fourth-order valence-corrected chi connectivity index (χ4v) is 2.30. The molecule has 2 atom stereocenters. The van der Waals surface area contributed by atoms with Gasteiger partial charge in [0.2, 0.25) is 0 Å². The first-order valence-corrected chi connectivity index (χ1v) is 6.57. The molecule has 18 heavy (non-hydrogen) atoms. The summed E-state index contributed by atoms with van der Waals surface area (Å²) in [6, 6.07) is 0. The number of amides is 1. The highest BCUT2D eigenvalue weighted by Crippen LogP contribution is 2.25. The molecule has 1 aliphatic rings. The Morgan fingerprint density at radius 2 is 2.11 bits per heavy atom. The molecule has 0 aromatic carbocycles. The third-order valence-corrected chi connectivity index (χ3v) is 3.23. The maximum absolute atomic E-state index is 11.9. The zero-order valence-electron chi connectivity index (χ0n) is 12.1. The molecule has 1 amide bonds. The van der Waals surface area contributed by atoms with Gasteiger partial charge in [0.15, 0.2) is 0 Å². The number of hydrogen-bond acceptors (Lipinski definition) is 4. The number of ether oxygens (including phenoxy) is 1. The molecule has 1 rings (SSSR count). The number of piperidine rings is 1. The predicted molar refractivity (Wildman–Crippen MR) is 69.5 cm³/mol. The maximum atomic E-state index is 11.9. The van der Waals surface area contributed by atoms with Crippen molar-refractivity contribution >= 4 is 6.09 Å². The van der Waals surface area contributed by atoms with Gasteiger partial charge in [-0.15, -0.1) is 0 Å². The number of carbonyl (C=O) groups excluding carboxylic acids is 1. The Hall–Kier alpha value is -0.810. The van der Waals surface area contributed by atoms with E-state index in [9.17, 15) is 10.0 Å². The SMILES string of the molecule is CC1CN(C(=O)OC(C)(C)C)CCC1CN(C)O. The molecule has 1 heterocycles. The summed E-state index contributed by atoms with van der Waals surface area (Å²) in [4.78, 5) is 13.7. The minimum atomic E-state index is -0.442. The third kappa shape index (κ3) is 4.82. The molecule has 5 nitrogen and oxygen atoms in total. The van der Waals surface area contributed by atoms with Crippen LogP contribution in [0.2, 0.25) is 0 Å². The van der Waals surface area contributed by atoms with Crippen LogP contribution in [0, 0.1) is 11.8 Å². The first-order valence-electron chi connectivity index (χ1n) is 6.57. The Kier molecular flexibility index (Phi) is 4.99. The Morgan fingerprint density at radius 3 is 2.56 bits per heavy atom. The fraction of sp³-hybridized carbons (Fsp3) is 0.923. The summed E-state index contributed by atoms with van der Waals surface area (Å²) in [6.45, 7) is 9.81. The summed E-state index contributed by atoms with van der Waals surface area (Å²) in [5.41, 5.74) is -0.442. The second kappa shape index (κ2) is 5.89. The van der Waals surface area contributed by atoms with Crippen LogP contribution in [-0.2, 0) is 4.74 Å². The van der Waals surface area contributed by atoms with Gasteiger partial charge in [-0.2, -0.15) is 5.06 Å². The summed E-state index contributed by atoms with van der Waals surface area (Å²) in [5, 5.41) is 10.5. The zero-order chi connectivity index (χ0) is 13.9. The molecule has 1 aliphatic heterocycles. The quantitative estimate of drug-likeness (QED) is 0.771. The van der Waals surface area contributed by atoms with Crippen LogP contribution in [0.5, 0.6) is 0 Å². The summed E-state index contributed by atoms with van der Waals surface area (Å²) in [7, 11) is 1.66. The van der Waals surface area contributed by atoms with Gasteiger partial charge in [-0.3, -0.25) is 0 Å². The van der Waals surface area contributed by atoms with E-state index in [1.165, 1.54) is 5.06 Å². The van der Waals surface area contributed by atoms with E-state index in [1.54, 1.807) is 11.9 Å². The standard InChI is InChI=1S/C13H26N2O3/c1-10-8-15(12(16)18-13(2,3)4)7-6-11(10)9-14(5)17/h10-11,17H,6-9H2,1-5H3. The molecule has 1 fully saturated rings. The van der Waals surface area contributed by atoms with Crippen LogP contribution < -0.4 is 0 Å². The minimum absolute atomic E-state index is 0.231. The van der Waals surface area contributed by atoms with Crippen LogP contribution in [-0.4, -0.2) is 53.5 Å². The molecule has 106 valence electrons. The second-order valence-corrected chi connectivity index (χ2v) is 6.29. The smallest absolute Gasteiger partial charge is 0.410 e. The van der Waals surface area contributed by atoms with Crippen molar-refractivity contribution in [3.05, 3.63) is 0 Å². The number of rotatable bonds is 2. The van der Waals surface area contributed by atoms with Crippen LogP contribution in [0.3, 0.4) is 0 Å². The van der Waals surface area contributed by atoms with Crippen molar-refractivity contribution < 1.29 is 14.7 Å². The van der Waals surface area contributed by atoms with Crippen LogP contribution >= 0.6 is 0 Å². The second-order valence-electron chi connectivity index (χ2n) is 6.29. The number of carbonyl (C=O) groups is 1. The lowest BCUT2D eigenvalue weighted by atomic mass is 9.87. The van der Waals surface area contributed by atoms with Gasteiger partial charge in [-0.25, -0.2) is 4.79 Å². The largest absolute Gasteiger partial charge is 0.444 e. The Labute approximate surface area is 110 Å². The Bertz CT molecular complexity index is 286. The predicted octanol–water partition coefficient (Wildman–Crippen LogP) is 2.20. The molecule has 5 heteroatoms. The summed E-state index contributed by atoms with van der Waals surface area (Å²) >= 11 is 0. The minimum Gasteiger partial charge on any atom is -0.444 e. The normalized spacial score (nSPS) is 25.4. The highest BCUT2D eigenvalue weighted by atomic mass is 16.6. The number of hydrogen-bond donors (Lipinski definition) is 1. The number of hydroxylamine groups is 2. The van der Waals surface area contributed by atoms with Crippen molar-refractivity contribution in [1.82, 2.24) is 9.96 Å². The number of likely N-dealkylation sites (tertiary alicyclic amines) is 1. The molecular weight excluding hydrogens is 232 g/mol. The topological polar surface area (TPSA) is 53.0 Å². The molecular formula is C13H26N2O3. The van der Waals surface area contributed by atoms with Gasteiger partial charge >= 0.3 is 6.09 Å². The lowest BCUT2D eigenvalue weighted by Gasteiger charge is -2.38. The monoisotopic (exact) mass is 258 g/mol. The average molecular weight is 258 g/mol. The highest BCUT2D eigenvalue weighted by molar-refractivity contribution is 5.68. The Morgan fingerprint density at radius 1 is 1.50 bits per heavy atom. The molecule has 0 radical (unpaired) electrons. The molecule has 0 aromatic rings. The number of nitrogens with zero attached hydrogens (tertiary/aromatic N) is 2. The lowest BCUT2D eigenvalue weighted by Crippen LogP contribution is -2.46. The van der Waals surface area contributed by atoms with E-state index in [2.05, 4.69) is 6.92 Å².